The summed E-state index contributed by atoms with van der Waals surface area (Å²) >= 11 is 0. The number of hydrogen-bond donors (Lipinski definition) is 1. The number of rotatable bonds is 6. The van der Waals surface area contributed by atoms with E-state index in [0.717, 1.165) is 18.0 Å². The summed E-state index contributed by atoms with van der Waals surface area (Å²) in [6.07, 6.45) is -0.115. The van der Waals surface area contributed by atoms with E-state index >= 15 is 0 Å². The van der Waals surface area contributed by atoms with E-state index in [0.29, 0.717) is 26.2 Å². The summed E-state index contributed by atoms with van der Waals surface area (Å²) in [4.78, 5) is 13.8. The predicted octanol–water partition coefficient (Wildman–Crippen LogP) is 1.28. The summed E-state index contributed by atoms with van der Waals surface area (Å²) in [5.41, 5.74) is 0. The molecule has 5 nitrogen and oxygen atoms in total. The van der Waals surface area contributed by atoms with Crippen LogP contribution in [-0.4, -0.2) is 49.7 Å². The Morgan fingerprint density at radius 3 is 2.80 bits per heavy atom. The molecule has 0 spiro atoms. The molecule has 0 fully saturated rings. The Hall–Kier alpha value is -1.75. The van der Waals surface area contributed by atoms with E-state index in [4.69, 9.17) is 9.47 Å². The van der Waals surface area contributed by atoms with Crippen molar-refractivity contribution in [3.05, 3.63) is 24.3 Å². The van der Waals surface area contributed by atoms with Crippen LogP contribution in [0.3, 0.4) is 0 Å². The summed E-state index contributed by atoms with van der Waals surface area (Å²) in [6.45, 7) is 6.82. The molecule has 1 unspecified atom stereocenters. The zero-order valence-corrected chi connectivity index (χ0v) is 12.1. The molecule has 5 heteroatoms. The predicted molar refractivity (Wildman–Crippen MR) is 77.2 cm³/mol. The first-order chi connectivity index (χ1) is 9.74. The molecule has 0 aromatic heterocycles. The van der Waals surface area contributed by atoms with Gasteiger partial charge in [-0.15, -0.1) is 0 Å². The minimum absolute atomic E-state index is 0.0943. The summed E-state index contributed by atoms with van der Waals surface area (Å²) in [5, 5.41) is 3.05. The second kappa shape index (κ2) is 7.14. The minimum atomic E-state index is -0.115. The number of carbonyl (C=O) groups is 1. The molecule has 0 saturated heterocycles. The number of amides is 1. The zero-order chi connectivity index (χ0) is 14.4. The van der Waals surface area contributed by atoms with Gasteiger partial charge in [0.25, 0.3) is 0 Å². The molecular weight excluding hydrogens is 256 g/mol. The summed E-state index contributed by atoms with van der Waals surface area (Å²) < 4.78 is 11.5. The van der Waals surface area contributed by atoms with Crippen molar-refractivity contribution in [2.75, 3.05) is 32.8 Å². The molecule has 1 aliphatic rings. The van der Waals surface area contributed by atoms with Crippen molar-refractivity contribution in [2.45, 2.75) is 20.0 Å². The van der Waals surface area contributed by atoms with Crippen molar-refractivity contribution < 1.29 is 14.3 Å². The zero-order valence-electron chi connectivity index (χ0n) is 12.1. The molecule has 110 valence electrons. The average Bonchev–Trinajstić information content (AvgIpc) is 2.50. The second-order valence-electron chi connectivity index (χ2n) is 4.71. The van der Waals surface area contributed by atoms with Crippen LogP contribution < -0.4 is 14.8 Å². The Balaban J connectivity index is 1.91. The number of likely N-dealkylation sites (N-methyl/N-ethyl adjacent to an activating group) is 2. The first-order valence-corrected chi connectivity index (χ1v) is 7.11. The van der Waals surface area contributed by atoms with Crippen molar-refractivity contribution in [3.8, 4) is 11.5 Å². The fourth-order valence-electron chi connectivity index (χ4n) is 2.15. The number of ether oxygens (including phenoxy) is 2. The van der Waals surface area contributed by atoms with Crippen molar-refractivity contribution in [2.24, 2.45) is 0 Å². The molecular formula is C15H22N2O3. The van der Waals surface area contributed by atoms with E-state index in [1.807, 2.05) is 38.1 Å². The maximum Gasteiger partial charge on any atom is 0.236 e. The van der Waals surface area contributed by atoms with Gasteiger partial charge in [0, 0.05) is 6.54 Å². The average molecular weight is 278 g/mol. The monoisotopic (exact) mass is 278 g/mol. The number of para-hydroxylation sites is 2. The van der Waals surface area contributed by atoms with E-state index in [2.05, 4.69) is 5.32 Å². The van der Waals surface area contributed by atoms with Crippen LogP contribution in [0.2, 0.25) is 0 Å². The first kappa shape index (κ1) is 14.7. The number of benzene rings is 1. The summed E-state index contributed by atoms with van der Waals surface area (Å²) in [6, 6.07) is 7.61. The lowest BCUT2D eigenvalue weighted by molar-refractivity contribution is -0.131. The molecule has 1 heterocycles. The van der Waals surface area contributed by atoms with Crippen LogP contribution in [0.4, 0.5) is 0 Å². The summed E-state index contributed by atoms with van der Waals surface area (Å²) in [5.74, 6) is 1.61. The number of fused-ring (bicyclic) bond motifs is 1. The van der Waals surface area contributed by atoms with E-state index in [-0.39, 0.29) is 12.0 Å². The van der Waals surface area contributed by atoms with Crippen LogP contribution in [0.25, 0.3) is 0 Å². The van der Waals surface area contributed by atoms with Gasteiger partial charge in [0.2, 0.25) is 5.91 Å². The van der Waals surface area contributed by atoms with E-state index in [9.17, 15) is 4.79 Å². The van der Waals surface area contributed by atoms with Gasteiger partial charge in [0.1, 0.15) is 6.61 Å². The van der Waals surface area contributed by atoms with Crippen LogP contribution in [0.5, 0.6) is 11.5 Å². The van der Waals surface area contributed by atoms with Crippen LogP contribution in [0.15, 0.2) is 24.3 Å². The third-order valence-corrected chi connectivity index (χ3v) is 3.25. The molecule has 1 aromatic rings. The lowest BCUT2D eigenvalue weighted by Gasteiger charge is -2.31. The van der Waals surface area contributed by atoms with Crippen LogP contribution in [0, 0.1) is 0 Å². The minimum Gasteiger partial charge on any atom is -0.486 e. The van der Waals surface area contributed by atoms with Gasteiger partial charge in [0.15, 0.2) is 17.6 Å². The molecule has 1 N–H and O–H groups in total. The number of nitrogens with zero attached hydrogens (tertiary/aromatic N) is 1. The first-order valence-electron chi connectivity index (χ1n) is 7.11. The highest BCUT2D eigenvalue weighted by molar-refractivity contribution is 5.78. The second-order valence-corrected chi connectivity index (χ2v) is 4.71. The van der Waals surface area contributed by atoms with Crippen molar-refractivity contribution >= 4 is 5.91 Å². The van der Waals surface area contributed by atoms with Gasteiger partial charge in [-0.3, -0.25) is 4.79 Å². The highest BCUT2D eigenvalue weighted by atomic mass is 16.6. The Kier molecular flexibility index (Phi) is 5.24. The Morgan fingerprint density at radius 2 is 2.10 bits per heavy atom. The Labute approximate surface area is 119 Å². The third-order valence-electron chi connectivity index (χ3n) is 3.25. The van der Waals surface area contributed by atoms with E-state index in [1.54, 1.807) is 4.90 Å². The van der Waals surface area contributed by atoms with Gasteiger partial charge < -0.3 is 19.7 Å². The topological polar surface area (TPSA) is 50.8 Å². The maximum atomic E-state index is 12.0. The largest absolute Gasteiger partial charge is 0.486 e. The van der Waals surface area contributed by atoms with Gasteiger partial charge >= 0.3 is 0 Å². The van der Waals surface area contributed by atoms with Crippen LogP contribution in [0.1, 0.15) is 13.8 Å². The molecule has 1 amide bonds. The fraction of sp³-hybridized carbons (Fsp3) is 0.533. The van der Waals surface area contributed by atoms with Gasteiger partial charge in [0.05, 0.1) is 13.1 Å². The van der Waals surface area contributed by atoms with E-state index in [1.165, 1.54) is 0 Å². The van der Waals surface area contributed by atoms with Crippen molar-refractivity contribution in [1.29, 1.82) is 0 Å². The van der Waals surface area contributed by atoms with Crippen LogP contribution in [-0.2, 0) is 4.79 Å². The molecule has 0 aliphatic carbocycles. The van der Waals surface area contributed by atoms with E-state index < -0.39 is 0 Å². The fourth-order valence-corrected chi connectivity index (χ4v) is 2.15. The molecule has 0 saturated carbocycles. The van der Waals surface area contributed by atoms with Gasteiger partial charge in [-0.25, -0.2) is 0 Å². The smallest absolute Gasteiger partial charge is 0.236 e. The number of carbonyl (C=O) groups excluding carboxylic acids is 1. The third kappa shape index (κ3) is 3.63. The molecule has 0 radical (unpaired) electrons. The lowest BCUT2D eigenvalue weighted by atomic mass is 10.2. The molecule has 20 heavy (non-hydrogen) atoms. The molecule has 1 atom stereocenters. The Morgan fingerprint density at radius 1 is 1.35 bits per heavy atom. The Bertz CT molecular complexity index is 450. The maximum absolute atomic E-state index is 12.0. The van der Waals surface area contributed by atoms with Gasteiger partial charge in [-0.1, -0.05) is 19.1 Å². The lowest BCUT2D eigenvalue weighted by Crippen LogP contribution is -2.46. The molecule has 2 rings (SSSR count). The summed E-state index contributed by atoms with van der Waals surface area (Å²) in [7, 11) is 0. The van der Waals surface area contributed by atoms with Crippen molar-refractivity contribution in [3.63, 3.8) is 0 Å². The number of hydrogen-bond acceptors (Lipinski definition) is 4. The SMILES string of the molecule is CCNCC(=O)N(CC)CC1COc2ccccc2O1. The van der Waals surface area contributed by atoms with Gasteiger partial charge in [-0.2, -0.15) is 0 Å². The molecule has 1 aliphatic heterocycles. The van der Waals surface area contributed by atoms with Crippen molar-refractivity contribution in [1.82, 2.24) is 10.2 Å². The quantitative estimate of drug-likeness (QED) is 0.852. The standard InChI is InChI=1S/C15H22N2O3/c1-3-16-9-15(18)17(4-2)10-12-11-19-13-7-5-6-8-14(13)20-12/h5-8,12,16H,3-4,9-11H2,1-2H3. The highest BCUT2D eigenvalue weighted by Gasteiger charge is 2.24. The normalized spacial score (nSPS) is 16.8. The number of nitrogens with one attached hydrogen (secondary N) is 1. The molecule has 1 aromatic carbocycles. The molecule has 0 bridgehead atoms. The van der Waals surface area contributed by atoms with Gasteiger partial charge in [-0.05, 0) is 25.6 Å². The highest BCUT2D eigenvalue weighted by Crippen LogP contribution is 2.30. The van der Waals surface area contributed by atoms with Crippen LogP contribution >= 0.6 is 0 Å².